The lowest BCUT2D eigenvalue weighted by Crippen LogP contribution is -2.19. The number of hydrogen-bond acceptors (Lipinski definition) is 19. The van der Waals surface area contributed by atoms with Crippen LogP contribution in [0.2, 0.25) is 0 Å². The van der Waals surface area contributed by atoms with Gasteiger partial charge in [-0.15, -0.1) is 81.2 Å². The van der Waals surface area contributed by atoms with E-state index < -0.39 is 0 Å². The number of H-pyrrole nitrogens is 6. The minimum absolute atomic E-state index is 0.0659. The number of aromatic nitrogens is 6. The Balaban J connectivity index is 0.000000175. The molecule has 10 N–H and O–H groups in total. The molecule has 0 unspecified atom stereocenters. The van der Waals surface area contributed by atoms with Crippen LogP contribution in [0, 0.1) is 6.92 Å². The first kappa shape index (κ1) is 79.7. The standard InChI is InChI=1S/C15H17NO3S.2C15H15NO2S.C12H11NO3S.C11H9NO2S.C11H9NOS/c1-4-5-11-6-10(7-12(19-3)14(11)17)8-13-15(18)16-9(2)20-13;1-4-5-11-6-12(8-13(7-11)18-3)9-14-15(17)16-10(2)19-14;1-4-5-12-7-11(6-9(2)14(12)17)8-13-15(18)16-10(3)19-13;1-7-13-12(15)11(17-7)6-8-3-4-9(14)10(5-8)16-2;1-7-12-11(14)10(15-7)6-8-2-4-9(13)5-3-8;1-8-12-11(13)10(14-8)7-9-5-3-2-4-6-9/h6-8,17H,2,4-5H2,1,3H3,(H,16,18);4,6-9H,1-2,5H2,3H3,(H,16,17);4,6-8,17H,1,3,5H2,2H3,(H,16,18);3-6,14H,1H2,2H3,(H,13,15);2-6,13H,1H2,(H,12,14);2-7H,1H2,(H,12,13)/b13-8-;14-9-;13-8-;11-6-;10-6-;10-7-. The van der Waals surface area contributed by atoms with Crippen LogP contribution < -0.4 is 103 Å². The summed E-state index contributed by atoms with van der Waals surface area (Å²) in [6.07, 6.45) is 17.4. The lowest BCUT2D eigenvalue weighted by atomic mass is 10.0. The number of aromatic hydroxyl groups is 4. The number of ether oxygens (including phenoxy) is 3. The monoisotopic (exact) mass is 1510 g/mol. The average Bonchev–Trinajstić information content (AvgIpc) is 1.38. The van der Waals surface area contributed by atoms with Crippen LogP contribution in [0.1, 0.15) is 69.0 Å². The van der Waals surface area contributed by atoms with Gasteiger partial charge in [0.25, 0.3) is 33.4 Å². The molecule has 0 fully saturated rings. The van der Waals surface area contributed by atoms with Crippen molar-refractivity contribution < 1.29 is 34.6 Å². The molecule has 104 heavy (non-hydrogen) atoms. The Morgan fingerprint density at radius 3 is 1.16 bits per heavy atom. The maximum Gasteiger partial charge on any atom is 0.266 e. The van der Waals surface area contributed by atoms with Crippen LogP contribution in [-0.4, -0.2) is 71.7 Å². The maximum absolute atomic E-state index is 11.7. The molecule has 19 nitrogen and oxygen atoms in total. The fourth-order valence-corrected chi connectivity index (χ4v) is 14.1. The van der Waals surface area contributed by atoms with Gasteiger partial charge in [-0.2, -0.15) is 0 Å². The van der Waals surface area contributed by atoms with E-state index in [0.29, 0.717) is 73.1 Å². The van der Waals surface area contributed by atoms with E-state index in [9.17, 15) is 44.1 Å². The second kappa shape index (κ2) is 38.5. The summed E-state index contributed by atoms with van der Waals surface area (Å²) < 4.78 is 23.0. The zero-order chi connectivity index (χ0) is 75.7. The molecule has 6 aromatic heterocycles. The minimum atomic E-state index is -0.160. The lowest BCUT2D eigenvalue weighted by molar-refractivity contribution is 0.370. The number of phenols is 4. The van der Waals surface area contributed by atoms with Crippen molar-refractivity contribution in [1.29, 1.82) is 0 Å². The smallest absolute Gasteiger partial charge is 0.266 e. The van der Waals surface area contributed by atoms with Gasteiger partial charge in [-0.25, -0.2) is 0 Å². The summed E-state index contributed by atoms with van der Waals surface area (Å²) in [4.78, 5) is 84.9. The van der Waals surface area contributed by atoms with E-state index in [0.717, 1.165) is 80.6 Å². The first-order valence-electron chi connectivity index (χ1n) is 31.4. The summed E-state index contributed by atoms with van der Waals surface area (Å²) in [5.74, 6) is 2.31. The first-order chi connectivity index (χ1) is 49.7. The Labute approximate surface area is 618 Å². The highest BCUT2D eigenvalue weighted by atomic mass is 32.1. The van der Waals surface area contributed by atoms with Gasteiger partial charge in [0, 0.05) is 0 Å². The van der Waals surface area contributed by atoms with Crippen LogP contribution in [0.15, 0.2) is 169 Å². The molecule has 6 heterocycles. The van der Waals surface area contributed by atoms with Gasteiger partial charge in [-0.05, 0) is 179 Å². The van der Waals surface area contributed by atoms with Gasteiger partial charge in [0.2, 0.25) is 0 Å². The summed E-state index contributed by atoms with van der Waals surface area (Å²) in [7, 11) is 4.62. The van der Waals surface area contributed by atoms with Gasteiger partial charge < -0.3 is 64.5 Å². The quantitative estimate of drug-likeness (QED) is 0.0559. The highest BCUT2D eigenvalue weighted by Crippen LogP contribution is 2.33. The molecule has 12 aromatic rings. The van der Waals surface area contributed by atoms with Crippen molar-refractivity contribution in [3.05, 3.63) is 313 Å². The van der Waals surface area contributed by atoms with Crippen LogP contribution in [0.3, 0.4) is 0 Å². The predicted octanol–water partition coefficient (Wildman–Crippen LogP) is 5.62. The van der Waals surface area contributed by atoms with E-state index in [-0.39, 0.29) is 56.4 Å². The van der Waals surface area contributed by atoms with Crippen molar-refractivity contribution in [3.8, 4) is 40.2 Å². The van der Waals surface area contributed by atoms with E-state index in [1.54, 1.807) is 80.0 Å². The molecule has 12 rings (SSSR count). The Morgan fingerprint density at radius 1 is 0.394 bits per heavy atom. The number of aryl methyl sites for hydroxylation is 2. The molecule has 25 heteroatoms. The topological polar surface area (TPSA) is 306 Å². The van der Waals surface area contributed by atoms with Gasteiger partial charge in [0.15, 0.2) is 23.0 Å². The second-order valence-electron chi connectivity index (χ2n) is 22.3. The van der Waals surface area contributed by atoms with Crippen LogP contribution in [0.25, 0.3) is 75.9 Å². The molecular weight excluding hydrogens is 1430 g/mol. The van der Waals surface area contributed by atoms with Crippen molar-refractivity contribution in [3.63, 3.8) is 0 Å². The molecule has 0 aliphatic rings. The normalized spacial score (nSPS) is 11.7. The SMILES string of the molecule is C=CCc1cc(/C=c2\sc(=C)[nH]c2=O)cc(C)c1O.C=CCc1cc(/C=c2\sc(=C)[nH]c2=O)cc(OC)c1.C=c1[nH]c(=O)/c(=C/c2cc(CCC)c(O)c(OC)c2)s1.C=c1[nH]c(=O)/c(=C/c2ccc(O)c(OC)c2)s1.C=c1[nH]c(=O)/c(=C/c2ccc(O)cc2)s1.C=c1[nH]c(=O)/c(=C/c2ccccc2)s1. The Bertz CT molecular complexity index is 6150. The summed E-state index contributed by atoms with van der Waals surface area (Å²) >= 11 is 7.95. The molecule has 0 atom stereocenters. The van der Waals surface area contributed by atoms with Crippen molar-refractivity contribution >= 4 is 144 Å². The average molecular weight is 1510 g/mol. The zero-order valence-corrected chi connectivity index (χ0v) is 62.4. The summed E-state index contributed by atoms with van der Waals surface area (Å²) in [6, 6.07) is 34.5. The van der Waals surface area contributed by atoms with Crippen LogP contribution >= 0.6 is 68.0 Å². The molecule has 0 radical (unpaired) electrons. The number of benzene rings is 6. The van der Waals surface area contributed by atoms with E-state index in [1.165, 1.54) is 88.3 Å². The third-order valence-corrected chi connectivity index (χ3v) is 19.5. The number of rotatable bonds is 15. The molecule has 0 aliphatic carbocycles. The number of nitrogens with one attached hydrogen (secondary N) is 6. The fraction of sp³-hybridized carbons (Fsp3) is 0.114. The number of allylic oxidation sites excluding steroid dienone is 2. The Hall–Kier alpha value is -11.6. The largest absolute Gasteiger partial charge is 0.508 e. The van der Waals surface area contributed by atoms with E-state index in [4.69, 9.17) is 19.3 Å². The van der Waals surface area contributed by atoms with E-state index in [2.05, 4.69) is 82.5 Å². The summed E-state index contributed by atoms with van der Waals surface area (Å²) in [5.41, 5.74) is 8.11. The molecule has 0 saturated carbocycles. The molecular formula is C79H76N6O13S6. The van der Waals surface area contributed by atoms with E-state index >= 15 is 0 Å². The third-order valence-electron chi connectivity index (χ3n) is 14.2. The van der Waals surface area contributed by atoms with Crippen LogP contribution in [-0.2, 0) is 19.3 Å². The van der Waals surface area contributed by atoms with Gasteiger partial charge in [0.05, 0.1) is 76.5 Å². The number of thiazole rings is 6. The molecule has 0 saturated heterocycles. The van der Waals surface area contributed by atoms with E-state index in [1.807, 2.05) is 98.8 Å². The fourth-order valence-electron chi connectivity index (χ4n) is 9.58. The second-order valence-corrected chi connectivity index (χ2v) is 29.1. The Morgan fingerprint density at radius 2 is 0.769 bits per heavy atom. The van der Waals surface area contributed by atoms with Crippen molar-refractivity contribution in [2.75, 3.05) is 21.3 Å². The highest BCUT2D eigenvalue weighted by molar-refractivity contribution is 7.08. The van der Waals surface area contributed by atoms with Crippen molar-refractivity contribution in [2.24, 2.45) is 0 Å². The minimum Gasteiger partial charge on any atom is -0.508 e. The highest BCUT2D eigenvalue weighted by Gasteiger charge is 2.11. The third kappa shape index (κ3) is 23.8. The molecule has 6 aromatic carbocycles. The van der Waals surface area contributed by atoms with Gasteiger partial charge in [0.1, 0.15) is 17.2 Å². The molecule has 0 amide bonds. The number of aromatic amines is 6. The lowest BCUT2D eigenvalue weighted by Gasteiger charge is -2.09. The van der Waals surface area contributed by atoms with Gasteiger partial charge in [-0.1, -0.05) is 120 Å². The van der Waals surface area contributed by atoms with Gasteiger partial charge >= 0.3 is 0 Å². The summed E-state index contributed by atoms with van der Waals surface area (Å²) in [5, 5.41) is 38.5. The molecule has 0 spiro atoms. The van der Waals surface area contributed by atoms with Gasteiger partial charge in [-0.3, -0.25) is 28.8 Å². The maximum atomic E-state index is 11.7. The molecule has 0 aliphatic heterocycles. The number of hydrogen-bond donors (Lipinski definition) is 10. The summed E-state index contributed by atoms with van der Waals surface area (Å²) in [6.45, 7) is 33.5. The first-order valence-corrected chi connectivity index (χ1v) is 36.3. The van der Waals surface area contributed by atoms with Crippen LogP contribution in [0.5, 0.6) is 40.2 Å². The van der Waals surface area contributed by atoms with Crippen molar-refractivity contribution in [2.45, 2.75) is 39.5 Å². The zero-order valence-electron chi connectivity index (χ0n) is 57.5. The predicted molar refractivity (Wildman–Crippen MR) is 431 cm³/mol. The van der Waals surface area contributed by atoms with Crippen LogP contribution in [0.4, 0.5) is 0 Å². The Kier molecular flexibility index (Phi) is 29.5. The van der Waals surface area contributed by atoms with Crippen molar-refractivity contribution in [1.82, 2.24) is 29.9 Å². The molecule has 0 bridgehead atoms. The number of phenolic OH excluding ortho intramolecular Hbond substituents is 4. The number of methoxy groups -OCH3 is 3. The molecule has 536 valence electrons.